The summed E-state index contributed by atoms with van der Waals surface area (Å²) in [5.41, 5.74) is 3.71. The minimum Gasteiger partial charge on any atom is -0.490 e. The lowest BCUT2D eigenvalue weighted by molar-refractivity contribution is -0.115. The molecule has 1 N–H and O–H groups in total. The van der Waals surface area contributed by atoms with Gasteiger partial charge in [0.05, 0.1) is 22.0 Å². The number of nitrogens with zero attached hydrogens (tertiary/aromatic N) is 1. The van der Waals surface area contributed by atoms with Gasteiger partial charge in [-0.2, -0.15) is 0 Å². The van der Waals surface area contributed by atoms with Gasteiger partial charge in [0.25, 0.3) is 5.91 Å². The van der Waals surface area contributed by atoms with E-state index in [9.17, 15) is 13.8 Å². The summed E-state index contributed by atoms with van der Waals surface area (Å²) in [5.74, 6) is 5.24. The highest BCUT2D eigenvalue weighted by atomic mass is 35.5. The third-order valence-corrected chi connectivity index (χ3v) is 13.3. The Balaban J connectivity index is 1.42. The third-order valence-electron chi connectivity index (χ3n) is 10.8. The summed E-state index contributed by atoms with van der Waals surface area (Å²) in [4.78, 5) is 28.3. The van der Waals surface area contributed by atoms with Crippen LogP contribution in [0.15, 0.2) is 36.4 Å². The van der Waals surface area contributed by atoms with E-state index in [1.807, 2.05) is 25.1 Å². The van der Waals surface area contributed by atoms with Gasteiger partial charge in [-0.25, -0.2) is 4.21 Å². The van der Waals surface area contributed by atoms with E-state index in [1.165, 1.54) is 17.4 Å². The summed E-state index contributed by atoms with van der Waals surface area (Å²) in [6, 6.07) is 11.8. The van der Waals surface area contributed by atoms with Crippen molar-refractivity contribution in [3.05, 3.63) is 58.1 Å². The molecule has 2 aliphatic carbocycles. The van der Waals surface area contributed by atoms with Crippen molar-refractivity contribution < 1.29 is 18.5 Å². The number of aldehydes is 1. The zero-order valence-corrected chi connectivity index (χ0v) is 26.4. The number of halogens is 1. The first-order valence-corrected chi connectivity index (χ1v) is 17.7. The molecule has 2 aromatic carbocycles. The molecule has 42 heavy (non-hydrogen) atoms. The molecule has 8 heteroatoms. The van der Waals surface area contributed by atoms with E-state index in [4.69, 9.17) is 16.3 Å². The molecule has 1 fully saturated rings. The number of anilines is 1. The summed E-state index contributed by atoms with van der Waals surface area (Å²) in [6.07, 6.45) is 8.99. The molecule has 1 spiro atoms. The molecular formula is C34H43ClN2O4S. The van der Waals surface area contributed by atoms with Gasteiger partial charge in [0, 0.05) is 40.3 Å². The Morgan fingerprint density at radius 1 is 1.12 bits per heavy atom. The zero-order chi connectivity index (χ0) is 29.6. The monoisotopic (exact) mass is 610 g/mol. The number of hydrogen-bond donors (Lipinski definition) is 1. The highest BCUT2D eigenvalue weighted by Crippen LogP contribution is 2.47. The third kappa shape index (κ3) is 5.47. The maximum absolute atomic E-state index is 13.6. The van der Waals surface area contributed by atoms with Crippen LogP contribution in [0, 0.1) is 23.7 Å². The van der Waals surface area contributed by atoms with Crippen LogP contribution in [0.25, 0.3) is 0 Å². The van der Waals surface area contributed by atoms with E-state index in [-0.39, 0.29) is 28.4 Å². The normalized spacial score (nSPS) is 35.1. The summed E-state index contributed by atoms with van der Waals surface area (Å²) in [5, 5.41) is 0.466. The number of fused-ring (bicyclic) bond motifs is 4. The summed E-state index contributed by atoms with van der Waals surface area (Å²) in [7, 11) is -2.89. The average molecular weight is 611 g/mol. The van der Waals surface area contributed by atoms with Gasteiger partial charge < -0.3 is 14.4 Å². The number of carbonyl (C=O) groups is 2. The first kappa shape index (κ1) is 29.6. The molecule has 7 atom stereocenters. The van der Waals surface area contributed by atoms with Crippen LogP contribution in [0.4, 0.5) is 5.69 Å². The topological polar surface area (TPSA) is 75.7 Å². The van der Waals surface area contributed by atoms with Crippen molar-refractivity contribution in [2.45, 2.75) is 75.9 Å². The molecule has 226 valence electrons. The van der Waals surface area contributed by atoms with Gasteiger partial charge in [0.15, 0.2) is 0 Å². The number of aryl methyl sites for hydroxylation is 1. The summed E-state index contributed by atoms with van der Waals surface area (Å²) < 4.78 is 23.0. The van der Waals surface area contributed by atoms with E-state index in [2.05, 4.69) is 34.5 Å². The Morgan fingerprint density at radius 2 is 1.95 bits per heavy atom. The molecule has 0 radical (unpaired) electrons. The van der Waals surface area contributed by atoms with Crippen LogP contribution in [0.2, 0.25) is 5.02 Å². The lowest BCUT2D eigenvalue weighted by Gasteiger charge is -2.46. The van der Waals surface area contributed by atoms with Crippen LogP contribution in [-0.2, 0) is 26.3 Å². The number of ether oxygens (including phenoxy) is 1. The van der Waals surface area contributed by atoms with Crippen LogP contribution >= 0.6 is 11.6 Å². The first-order valence-electron chi connectivity index (χ1n) is 15.5. The molecule has 0 aromatic heterocycles. The minimum atomic E-state index is -2.89. The van der Waals surface area contributed by atoms with E-state index in [0.717, 1.165) is 80.9 Å². The van der Waals surface area contributed by atoms with Crippen molar-refractivity contribution in [1.29, 1.82) is 0 Å². The highest BCUT2D eigenvalue weighted by Gasteiger charge is 2.44. The number of rotatable bonds is 1. The zero-order valence-electron chi connectivity index (χ0n) is 24.8. The first-order chi connectivity index (χ1) is 20.1. The number of amides is 1. The van der Waals surface area contributed by atoms with Gasteiger partial charge in [-0.05, 0) is 117 Å². The van der Waals surface area contributed by atoms with Crippen LogP contribution in [0.5, 0.6) is 5.75 Å². The maximum Gasteiger partial charge on any atom is 0.262 e. The fraction of sp³-hybridized carbons (Fsp3) is 0.559. The van der Waals surface area contributed by atoms with Crippen LogP contribution in [-0.4, -0.2) is 47.2 Å². The second-order valence-electron chi connectivity index (χ2n) is 13.4. The molecule has 6 nitrogen and oxygen atoms in total. The van der Waals surface area contributed by atoms with Crippen molar-refractivity contribution in [2.24, 2.45) is 23.7 Å². The molecule has 0 saturated heterocycles. The maximum atomic E-state index is 13.6. The highest BCUT2D eigenvalue weighted by molar-refractivity contribution is 7.99. The van der Waals surface area contributed by atoms with Crippen molar-refractivity contribution in [2.75, 3.05) is 24.6 Å². The molecule has 4 aliphatic rings. The predicted octanol–water partition coefficient (Wildman–Crippen LogP) is 6.22. The Labute approximate surface area is 255 Å². The summed E-state index contributed by atoms with van der Waals surface area (Å²) >= 11 is 6.41. The van der Waals surface area contributed by atoms with Crippen molar-refractivity contribution >= 4 is 45.1 Å². The van der Waals surface area contributed by atoms with E-state index in [0.29, 0.717) is 24.0 Å². The van der Waals surface area contributed by atoms with Gasteiger partial charge in [0.2, 0.25) is 0 Å². The lowest BCUT2D eigenvalue weighted by Crippen LogP contribution is -2.49. The number of hydrogen-bond acceptors (Lipinski definition) is 5. The Hall–Kier alpha value is -2.51. The largest absolute Gasteiger partial charge is 0.490 e. The quantitative estimate of drug-likeness (QED) is 0.306. The second-order valence-corrected chi connectivity index (χ2v) is 16.2. The van der Waals surface area contributed by atoms with Gasteiger partial charge in [-0.1, -0.05) is 31.0 Å². The summed E-state index contributed by atoms with van der Waals surface area (Å²) in [6.45, 7) is 6.08. The minimum absolute atomic E-state index is 0.0310. The van der Waals surface area contributed by atoms with Crippen molar-refractivity contribution in [3.8, 4) is 5.75 Å². The number of benzene rings is 2. The predicted molar refractivity (Wildman–Crippen MR) is 171 cm³/mol. The second kappa shape index (κ2) is 11.5. The molecule has 2 heterocycles. The lowest BCUT2D eigenvalue weighted by atomic mass is 9.65. The van der Waals surface area contributed by atoms with Crippen LogP contribution in [0.1, 0.15) is 80.3 Å². The van der Waals surface area contributed by atoms with Gasteiger partial charge in [-0.3, -0.25) is 9.52 Å². The average Bonchev–Trinajstić information content (AvgIpc) is 3.10. The van der Waals surface area contributed by atoms with E-state index in [1.54, 1.807) is 6.07 Å². The molecule has 1 amide bonds. The fourth-order valence-electron chi connectivity index (χ4n) is 7.90. The number of carbonyl (C=O) groups excluding carboxylic acids is 2. The van der Waals surface area contributed by atoms with Gasteiger partial charge in [0.1, 0.15) is 12.0 Å². The molecular weight excluding hydrogens is 568 g/mol. The van der Waals surface area contributed by atoms with Crippen LogP contribution in [0.3, 0.4) is 0 Å². The van der Waals surface area contributed by atoms with Crippen molar-refractivity contribution in [3.63, 3.8) is 0 Å². The van der Waals surface area contributed by atoms with Crippen molar-refractivity contribution in [1.82, 2.24) is 4.72 Å². The van der Waals surface area contributed by atoms with Gasteiger partial charge in [-0.15, -0.1) is 0 Å². The molecule has 2 bridgehead atoms. The number of nitrogens with one attached hydrogen (secondary N) is 1. The SMILES string of the molecule is C=S1(=O)NC(=O)c2ccc3c(c2)N(C[C@@H]2CC[C@H]2[C@@H](C=O)CCC[C@H](C)[C@H]1C)C[C@@]1(CCCc2cc(Cl)ccc21)CO3. The Morgan fingerprint density at radius 3 is 2.71 bits per heavy atom. The standard InChI is InChI=1S/C34H43ClN2O4S/c1-22-6-4-7-27(19-38)29-12-9-26(29)18-37-20-34(15-5-8-24-16-28(35)11-13-30(24)34)21-41-32-14-10-25(17-31(32)37)33(39)36-42(3,40)23(22)2/h10-11,13-14,16-17,19,22-23,26-27,29H,3-9,12,15,18,20-21H2,1-2H3,(H,36,39,40)/t22-,23+,26-,27+,29+,34-,42?/m0/s1. The van der Waals surface area contributed by atoms with E-state index >= 15 is 0 Å². The molecule has 1 unspecified atom stereocenters. The Bertz CT molecular complexity index is 1480. The Kier molecular flexibility index (Phi) is 8.12. The molecule has 2 aromatic rings. The van der Waals surface area contributed by atoms with Crippen LogP contribution < -0.4 is 14.4 Å². The fourth-order valence-corrected chi connectivity index (χ4v) is 9.60. The smallest absolute Gasteiger partial charge is 0.262 e. The van der Waals surface area contributed by atoms with E-state index < -0.39 is 9.71 Å². The molecule has 6 rings (SSSR count). The molecule has 1 saturated carbocycles. The molecule has 2 aliphatic heterocycles. The van der Waals surface area contributed by atoms with Gasteiger partial charge >= 0.3 is 0 Å².